The van der Waals surface area contributed by atoms with Gasteiger partial charge in [-0.25, -0.2) is 0 Å². The van der Waals surface area contributed by atoms with Crippen LogP contribution in [0.1, 0.15) is 25.8 Å². The van der Waals surface area contributed by atoms with Crippen molar-refractivity contribution in [1.82, 2.24) is 0 Å². The van der Waals surface area contributed by atoms with E-state index in [0.29, 0.717) is 13.0 Å². The van der Waals surface area contributed by atoms with Gasteiger partial charge in [0, 0.05) is 10.6 Å². The van der Waals surface area contributed by atoms with Crippen LogP contribution in [0.3, 0.4) is 0 Å². The third-order valence-corrected chi connectivity index (χ3v) is 5.45. The predicted molar refractivity (Wildman–Crippen MR) is 86.8 cm³/mol. The number of ketones is 1. The minimum atomic E-state index is -0.664. The van der Waals surface area contributed by atoms with Gasteiger partial charge in [0.15, 0.2) is 5.78 Å². The van der Waals surface area contributed by atoms with Gasteiger partial charge in [0.25, 0.3) is 0 Å². The van der Waals surface area contributed by atoms with Crippen LogP contribution in [0.2, 0.25) is 0 Å². The third kappa shape index (κ3) is 2.58. The maximum absolute atomic E-state index is 12.8. The lowest BCUT2D eigenvalue weighted by Crippen LogP contribution is -2.47. The Bertz CT molecular complexity index is 668. The number of esters is 1. The monoisotopic (exact) mass is 317 g/mol. The van der Waals surface area contributed by atoms with Gasteiger partial charge < -0.3 is 4.74 Å². The molecular formula is C17H19NO3S. The Morgan fingerprint density at radius 3 is 2.95 bits per heavy atom. The number of carbonyl (C=O) groups excluding carboxylic acids is 2. The summed E-state index contributed by atoms with van der Waals surface area (Å²) in [6.45, 7) is 6.01. The number of rotatable bonds is 2. The maximum atomic E-state index is 12.8. The summed E-state index contributed by atoms with van der Waals surface area (Å²) in [6, 6.07) is 6.07. The number of benzene rings is 1. The first kappa shape index (κ1) is 15.3. The molecule has 4 nitrogen and oxygen atoms in total. The van der Waals surface area contributed by atoms with Crippen LogP contribution in [-0.2, 0) is 14.3 Å². The number of aryl methyl sites for hydroxylation is 1. The summed E-state index contributed by atoms with van der Waals surface area (Å²) in [7, 11) is 0. The summed E-state index contributed by atoms with van der Waals surface area (Å²) in [5.41, 5.74) is 2.96. The summed E-state index contributed by atoms with van der Waals surface area (Å²) in [4.78, 5) is 30.6. The Morgan fingerprint density at radius 1 is 1.45 bits per heavy atom. The number of aliphatic imine (C=N–C) groups is 1. The highest BCUT2D eigenvalue weighted by Crippen LogP contribution is 2.44. The molecule has 1 heterocycles. The zero-order valence-electron chi connectivity index (χ0n) is 13.0. The zero-order valence-corrected chi connectivity index (χ0v) is 13.8. The fraction of sp³-hybridized carbons (Fsp3) is 0.471. The highest BCUT2D eigenvalue weighted by atomic mass is 32.2. The molecule has 0 radical (unpaired) electrons. The highest BCUT2D eigenvalue weighted by molar-refractivity contribution is 8.01. The fourth-order valence-electron chi connectivity index (χ4n) is 3.06. The summed E-state index contributed by atoms with van der Waals surface area (Å²) < 4.78 is 5.08. The molecule has 0 aromatic heterocycles. The average molecular weight is 317 g/mol. The van der Waals surface area contributed by atoms with E-state index in [0.717, 1.165) is 21.9 Å². The van der Waals surface area contributed by atoms with E-state index >= 15 is 0 Å². The molecule has 22 heavy (non-hydrogen) atoms. The third-order valence-electron chi connectivity index (χ3n) is 4.13. The zero-order chi connectivity index (χ0) is 15.9. The number of hydrogen-bond donors (Lipinski definition) is 0. The molecule has 1 saturated carbocycles. The normalized spacial score (nSPS) is 26.8. The second kappa shape index (κ2) is 5.88. The van der Waals surface area contributed by atoms with Crippen molar-refractivity contribution in [2.24, 2.45) is 16.8 Å². The first-order valence-electron chi connectivity index (χ1n) is 7.56. The smallest absolute Gasteiger partial charge is 0.316 e. The number of carbonyl (C=O) groups is 2. The Hall–Kier alpha value is -1.62. The van der Waals surface area contributed by atoms with Crippen molar-refractivity contribution >= 4 is 34.9 Å². The Balaban J connectivity index is 1.93. The van der Waals surface area contributed by atoms with Gasteiger partial charge in [-0.05, 0) is 43.9 Å². The molecule has 1 aliphatic carbocycles. The number of fused-ring (bicyclic) bond motifs is 2. The standard InChI is InChI=1S/C17H19NO3S/c1-4-21-17(20)14-10(3)8-12-16(15(14)19)22-13-7-9(2)5-6-11(13)18-12/h5-7,10,14,16H,4,8H2,1-3H3. The largest absolute Gasteiger partial charge is 0.465 e. The van der Waals surface area contributed by atoms with E-state index in [4.69, 9.17) is 4.74 Å². The number of hydrogen-bond acceptors (Lipinski definition) is 5. The van der Waals surface area contributed by atoms with Crippen LogP contribution >= 0.6 is 11.8 Å². The van der Waals surface area contributed by atoms with E-state index in [1.54, 1.807) is 6.92 Å². The van der Waals surface area contributed by atoms with E-state index < -0.39 is 11.9 Å². The van der Waals surface area contributed by atoms with Gasteiger partial charge in [-0.15, -0.1) is 11.8 Å². The van der Waals surface area contributed by atoms with E-state index in [-0.39, 0.29) is 17.0 Å². The van der Waals surface area contributed by atoms with Gasteiger partial charge in [-0.1, -0.05) is 13.0 Å². The number of nitrogens with zero attached hydrogens (tertiary/aromatic N) is 1. The van der Waals surface area contributed by atoms with Crippen LogP contribution in [0, 0.1) is 18.8 Å². The molecule has 3 atom stereocenters. The fourth-order valence-corrected chi connectivity index (χ4v) is 4.35. The van der Waals surface area contributed by atoms with Crippen molar-refractivity contribution in [3.05, 3.63) is 23.8 Å². The number of Topliss-reactive ketones (excluding diaryl/α,β-unsaturated/α-hetero) is 1. The molecule has 1 aromatic carbocycles. The van der Waals surface area contributed by atoms with Gasteiger partial charge in [0.1, 0.15) is 11.2 Å². The lowest BCUT2D eigenvalue weighted by Gasteiger charge is -2.34. The second-order valence-corrected chi connectivity index (χ2v) is 7.03. The minimum absolute atomic E-state index is 0.0610. The second-order valence-electron chi connectivity index (χ2n) is 5.89. The van der Waals surface area contributed by atoms with Crippen molar-refractivity contribution in [3.8, 4) is 0 Å². The molecule has 0 spiro atoms. The topological polar surface area (TPSA) is 55.7 Å². The predicted octanol–water partition coefficient (Wildman–Crippen LogP) is 3.33. The van der Waals surface area contributed by atoms with E-state index in [2.05, 4.69) is 4.99 Å². The molecule has 0 bridgehead atoms. The van der Waals surface area contributed by atoms with Crippen LogP contribution in [0.25, 0.3) is 0 Å². The van der Waals surface area contributed by atoms with Crippen LogP contribution < -0.4 is 0 Å². The first-order chi connectivity index (χ1) is 10.5. The molecule has 1 aliphatic heterocycles. The molecule has 3 unspecified atom stereocenters. The van der Waals surface area contributed by atoms with Crippen LogP contribution in [0.15, 0.2) is 28.1 Å². The van der Waals surface area contributed by atoms with Gasteiger partial charge in [-0.3, -0.25) is 14.6 Å². The summed E-state index contributed by atoms with van der Waals surface area (Å²) in [6.07, 6.45) is 0.667. The molecule has 5 heteroatoms. The molecular weight excluding hydrogens is 298 g/mol. The number of thioether (sulfide) groups is 1. The molecule has 1 aromatic rings. The SMILES string of the molecule is CCOC(=O)C1C(=O)C2Sc3cc(C)ccc3N=C2CC1C. The van der Waals surface area contributed by atoms with Crippen molar-refractivity contribution < 1.29 is 14.3 Å². The van der Waals surface area contributed by atoms with Crippen molar-refractivity contribution in [3.63, 3.8) is 0 Å². The summed E-state index contributed by atoms with van der Waals surface area (Å²) in [5.74, 6) is -1.18. The van der Waals surface area contributed by atoms with Gasteiger partial charge in [0.05, 0.1) is 12.3 Å². The van der Waals surface area contributed by atoms with E-state index in [1.807, 2.05) is 32.0 Å². The molecule has 2 aliphatic rings. The molecule has 0 saturated heterocycles. The van der Waals surface area contributed by atoms with E-state index in [9.17, 15) is 9.59 Å². The van der Waals surface area contributed by atoms with Crippen molar-refractivity contribution in [1.29, 1.82) is 0 Å². The lowest BCUT2D eigenvalue weighted by atomic mass is 9.78. The lowest BCUT2D eigenvalue weighted by molar-refractivity contribution is -0.153. The van der Waals surface area contributed by atoms with Gasteiger partial charge in [-0.2, -0.15) is 0 Å². The molecule has 1 fully saturated rings. The summed E-state index contributed by atoms with van der Waals surface area (Å²) >= 11 is 1.52. The van der Waals surface area contributed by atoms with Crippen LogP contribution in [-0.4, -0.2) is 29.3 Å². The maximum Gasteiger partial charge on any atom is 0.316 e. The Labute approximate surface area is 134 Å². The van der Waals surface area contributed by atoms with Gasteiger partial charge in [0.2, 0.25) is 0 Å². The Kier molecular flexibility index (Phi) is 4.08. The van der Waals surface area contributed by atoms with Crippen LogP contribution in [0.4, 0.5) is 5.69 Å². The van der Waals surface area contributed by atoms with Crippen molar-refractivity contribution in [2.45, 2.75) is 37.3 Å². The average Bonchev–Trinajstić information content (AvgIpc) is 2.46. The van der Waals surface area contributed by atoms with Gasteiger partial charge >= 0.3 is 5.97 Å². The molecule has 0 amide bonds. The van der Waals surface area contributed by atoms with Crippen LogP contribution in [0.5, 0.6) is 0 Å². The minimum Gasteiger partial charge on any atom is -0.465 e. The molecule has 0 N–H and O–H groups in total. The highest BCUT2D eigenvalue weighted by Gasteiger charge is 2.46. The first-order valence-corrected chi connectivity index (χ1v) is 8.44. The van der Waals surface area contributed by atoms with Crippen molar-refractivity contribution in [2.75, 3.05) is 6.61 Å². The molecule has 116 valence electrons. The Morgan fingerprint density at radius 2 is 2.23 bits per heavy atom. The quantitative estimate of drug-likeness (QED) is 0.620. The number of ether oxygens (including phenoxy) is 1. The van der Waals surface area contributed by atoms with E-state index in [1.165, 1.54) is 11.8 Å². The molecule has 3 rings (SSSR count). The summed E-state index contributed by atoms with van der Waals surface area (Å²) in [5, 5.41) is -0.347.